The molecular formula is C11H10N2S. The van der Waals surface area contributed by atoms with Gasteiger partial charge in [0, 0.05) is 16.5 Å². The maximum atomic E-state index is 8.88. The van der Waals surface area contributed by atoms with Crippen molar-refractivity contribution in [1.29, 1.82) is 5.26 Å². The number of aromatic nitrogens is 1. The van der Waals surface area contributed by atoms with E-state index >= 15 is 0 Å². The molecule has 0 saturated carbocycles. The van der Waals surface area contributed by atoms with Crippen molar-refractivity contribution >= 4 is 22.7 Å². The number of hydrogen-bond acceptors (Lipinski definition) is 2. The Hall–Kier alpha value is -1.40. The minimum absolute atomic E-state index is 1.02. The third-order valence-corrected chi connectivity index (χ3v) is 3.00. The molecule has 2 aromatic rings. The number of nitrogens with zero attached hydrogens (tertiary/aromatic N) is 2. The van der Waals surface area contributed by atoms with Crippen LogP contribution in [0.1, 0.15) is 5.56 Å². The average molecular weight is 202 g/mol. The van der Waals surface area contributed by atoms with Crippen molar-refractivity contribution in [2.75, 3.05) is 6.26 Å². The Labute approximate surface area is 87.1 Å². The highest BCUT2D eigenvalue weighted by molar-refractivity contribution is 7.98. The molecule has 2 rings (SSSR count). The molecule has 0 unspecified atom stereocenters. The van der Waals surface area contributed by atoms with E-state index in [-0.39, 0.29) is 0 Å². The van der Waals surface area contributed by atoms with Gasteiger partial charge in [-0.15, -0.1) is 11.8 Å². The summed E-state index contributed by atoms with van der Waals surface area (Å²) in [5.41, 5.74) is 2.17. The summed E-state index contributed by atoms with van der Waals surface area (Å²) in [6.45, 7) is 2.04. The number of aryl methyl sites for hydroxylation is 1. The minimum Gasteiger partial charge on any atom is -0.254 e. The second kappa shape index (κ2) is 3.39. The van der Waals surface area contributed by atoms with E-state index in [1.165, 1.54) is 4.90 Å². The fourth-order valence-electron chi connectivity index (χ4n) is 1.66. The minimum atomic E-state index is 1.02. The lowest BCUT2D eigenvalue weighted by Crippen LogP contribution is -1.87. The monoisotopic (exact) mass is 202 g/mol. The number of nitriles is 1. The first kappa shape index (κ1) is 9.17. The van der Waals surface area contributed by atoms with E-state index in [1.54, 1.807) is 16.3 Å². The largest absolute Gasteiger partial charge is 0.254 e. The number of fused-ring (bicyclic) bond motifs is 1. The summed E-state index contributed by atoms with van der Waals surface area (Å²) < 4.78 is 1.61. The second-order valence-corrected chi connectivity index (χ2v) is 4.05. The molecule has 0 saturated heterocycles. The molecule has 0 fully saturated rings. The summed E-state index contributed by atoms with van der Waals surface area (Å²) >= 11 is 1.72. The summed E-state index contributed by atoms with van der Waals surface area (Å²) in [6.07, 6.45) is 6.00. The first-order chi connectivity index (χ1) is 6.76. The van der Waals surface area contributed by atoms with Gasteiger partial charge in [-0.2, -0.15) is 5.26 Å². The molecule has 0 aliphatic rings. The zero-order chi connectivity index (χ0) is 10.1. The van der Waals surface area contributed by atoms with Crippen molar-refractivity contribution in [1.82, 2.24) is 4.57 Å². The zero-order valence-electron chi connectivity index (χ0n) is 8.11. The third kappa shape index (κ3) is 1.28. The van der Waals surface area contributed by atoms with Crippen LogP contribution in [0, 0.1) is 18.4 Å². The van der Waals surface area contributed by atoms with E-state index in [9.17, 15) is 0 Å². The van der Waals surface area contributed by atoms with Gasteiger partial charge in [0.1, 0.15) is 0 Å². The van der Waals surface area contributed by atoms with Crippen LogP contribution in [0.3, 0.4) is 0 Å². The van der Waals surface area contributed by atoms with Gasteiger partial charge in [0.25, 0.3) is 0 Å². The zero-order valence-corrected chi connectivity index (χ0v) is 8.93. The Balaban J connectivity index is 2.80. The Bertz CT molecular complexity index is 520. The van der Waals surface area contributed by atoms with Crippen molar-refractivity contribution in [3.63, 3.8) is 0 Å². The molecule has 1 aromatic carbocycles. The van der Waals surface area contributed by atoms with Crippen LogP contribution in [0.25, 0.3) is 10.9 Å². The van der Waals surface area contributed by atoms with E-state index in [0.717, 1.165) is 16.5 Å². The number of hydrogen-bond donors (Lipinski definition) is 0. The van der Waals surface area contributed by atoms with E-state index in [2.05, 4.69) is 24.6 Å². The molecule has 0 spiro atoms. The molecular weight excluding hydrogens is 192 g/mol. The normalized spacial score (nSPS) is 10.4. The number of thioether (sulfide) groups is 1. The van der Waals surface area contributed by atoms with Crippen LogP contribution in [0.15, 0.2) is 29.3 Å². The molecule has 0 N–H and O–H groups in total. The molecule has 3 heteroatoms. The first-order valence-corrected chi connectivity index (χ1v) is 5.54. The molecule has 0 amide bonds. The van der Waals surface area contributed by atoms with Gasteiger partial charge in [-0.3, -0.25) is 4.57 Å². The van der Waals surface area contributed by atoms with Gasteiger partial charge in [-0.05, 0) is 36.9 Å². The maximum Gasteiger partial charge on any atom is 0.188 e. The molecule has 0 aliphatic heterocycles. The molecule has 2 nitrogen and oxygen atoms in total. The Morgan fingerprint density at radius 1 is 1.43 bits per heavy atom. The summed E-state index contributed by atoms with van der Waals surface area (Å²) in [6, 6.07) is 6.20. The number of rotatable bonds is 1. The summed E-state index contributed by atoms with van der Waals surface area (Å²) in [4.78, 5) is 1.24. The fourth-order valence-corrected chi connectivity index (χ4v) is 2.20. The van der Waals surface area contributed by atoms with Crippen LogP contribution < -0.4 is 0 Å². The summed E-state index contributed by atoms with van der Waals surface area (Å²) in [7, 11) is 0. The van der Waals surface area contributed by atoms with E-state index in [4.69, 9.17) is 5.26 Å². The van der Waals surface area contributed by atoms with E-state index in [1.807, 2.05) is 19.2 Å². The lowest BCUT2D eigenvalue weighted by Gasteiger charge is -2.02. The van der Waals surface area contributed by atoms with Crippen molar-refractivity contribution in [2.24, 2.45) is 0 Å². The SMILES string of the molecule is CSc1cc(C)c2c(ccn2C#N)c1. The standard InChI is InChI=1S/C11H10N2S/c1-8-5-10(14-2)6-9-3-4-13(7-12)11(8)9/h3-6H,1-2H3. The van der Waals surface area contributed by atoms with Gasteiger partial charge in [-0.1, -0.05) is 0 Å². The molecule has 0 atom stereocenters. The van der Waals surface area contributed by atoms with Crippen molar-refractivity contribution < 1.29 is 0 Å². The third-order valence-electron chi connectivity index (χ3n) is 2.29. The molecule has 0 bridgehead atoms. The van der Waals surface area contributed by atoms with Crippen LogP contribution in [-0.2, 0) is 0 Å². The average Bonchev–Trinajstić information content (AvgIpc) is 2.61. The lowest BCUT2D eigenvalue weighted by atomic mass is 10.2. The first-order valence-electron chi connectivity index (χ1n) is 4.32. The quantitative estimate of drug-likeness (QED) is 0.665. The highest BCUT2D eigenvalue weighted by atomic mass is 32.2. The number of benzene rings is 1. The van der Waals surface area contributed by atoms with Crippen molar-refractivity contribution in [2.45, 2.75) is 11.8 Å². The van der Waals surface area contributed by atoms with Gasteiger partial charge < -0.3 is 0 Å². The molecule has 0 radical (unpaired) electrons. The molecule has 1 heterocycles. The van der Waals surface area contributed by atoms with Gasteiger partial charge in [-0.25, -0.2) is 0 Å². The molecule has 14 heavy (non-hydrogen) atoms. The van der Waals surface area contributed by atoms with Crippen LogP contribution in [-0.4, -0.2) is 10.8 Å². The van der Waals surface area contributed by atoms with Crippen LogP contribution >= 0.6 is 11.8 Å². The smallest absolute Gasteiger partial charge is 0.188 e. The van der Waals surface area contributed by atoms with Gasteiger partial charge >= 0.3 is 0 Å². The maximum absolute atomic E-state index is 8.88. The molecule has 1 aromatic heterocycles. The van der Waals surface area contributed by atoms with Gasteiger partial charge in [0.15, 0.2) is 6.19 Å². The Morgan fingerprint density at radius 3 is 2.86 bits per heavy atom. The second-order valence-electron chi connectivity index (χ2n) is 3.17. The highest BCUT2D eigenvalue weighted by Crippen LogP contribution is 2.25. The van der Waals surface area contributed by atoms with Crippen molar-refractivity contribution in [3.05, 3.63) is 30.0 Å². The topological polar surface area (TPSA) is 28.7 Å². The fraction of sp³-hybridized carbons (Fsp3) is 0.182. The van der Waals surface area contributed by atoms with Gasteiger partial charge in [0.2, 0.25) is 0 Å². The predicted molar refractivity (Wildman–Crippen MR) is 59.5 cm³/mol. The predicted octanol–water partition coefficient (Wildman–Crippen LogP) is 3.00. The van der Waals surface area contributed by atoms with Crippen LogP contribution in [0.2, 0.25) is 0 Å². The van der Waals surface area contributed by atoms with Crippen LogP contribution in [0.5, 0.6) is 0 Å². The van der Waals surface area contributed by atoms with Crippen molar-refractivity contribution in [3.8, 4) is 6.19 Å². The van der Waals surface area contributed by atoms with E-state index < -0.39 is 0 Å². The molecule has 70 valence electrons. The van der Waals surface area contributed by atoms with Crippen LogP contribution in [0.4, 0.5) is 0 Å². The Morgan fingerprint density at radius 2 is 2.21 bits per heavy atom. The van der Waals surface area contributed by atoms with E-state index in [0.29, 0.717) is 0 Å². The van der Waals surface area contributed by atoms with Gasteiger partial charge in [0.05, 0.1) is 5.52 Å². The summed E-state index contributed by atoms with van der Waals surface area (Å²) in [5, 5.41) is 10.0. The summed E-state index contributed by atoms with van der Waals surface area (Å²) in [5.74, 6) is 0. The molecule has 0 aliphatic carbocycles. The highest BCUT2D eigenvalue weighted by Gasteiger charge is 2.04. The lowest BCUT2D eigenvalue weighted by molar-refractivity contribution is 1.14. The Kier molecular flexibility index (Phi) is 2.22.